The van der Waals surface area contributed by atoms with Gasteiger partial charge in [-0.2, -0.15) is 0 Å². The van der Waals surface area contributed by atoms with Gasteiger partial charge in [-0.3, -0.25) is 0 Å². The summed E-state index contributed by atoms with van der Waals surface area (Å²) >= 11 is 0. The van der Waals surface area contributed by atoms with Crippen molar-refractivity contribution < 1.29 is 17.9 Å². The minimum Gasteiger partial charge on any atom is -0.381 e. The van der Waals surface area contributed by atoms with Crippen LogP contribution < -0.4 is 5.73 Å². The van der Waals surface area contributed by atoms with Crippen molar-refractivity contribution in [3.05, 3.63) is 0 Å². The average Bonchev–Trinajstić information content (AvgIpc) is 2.29. The second kappa shape index (κ2) is 6.54. The number of sulfone groups is 1. The van der Waals surface area contributed by atoms with Crippen molar-refractivity contribution in [2.45, 2.75) is 31.1 Å². The van der Waals surface area contributed by atoms with Gasteiger partial charge in [0.2, 0.25) is 0 Å². The van der Waals surface area contributed by atoms with Crippen LogP contribution in [0, 0.1) is 0 Å². The van der Waals surface area contributed by atoms with Crippen molar-refractivity contribution >= 4 is 9.84 Å². The van der Waals surface area contributed by atoms with Crippen LogP contribution in [0.15, 0.2) is 0 Å². The van der Waals surface area contributed by atoms with Gasteiger partial charge in [-0.15, -0.1) is 0 Å². The summed E-state index contributed by atoms with van der Waals surface area (Å²) in [5.74, 6) is 0.0298. The maximum atomic E-state index is 12.0. The van der Waals surface area contributed by atoms with Gasteiger partial charge < -0.3 is 15.2 Å². The molecule has 96 valence electrons. The molecule has 1 aliphatic rings. The van der Waals surface area contributed by atoms with Gasteiger partial charge in [-0.1, -0.05) is 0 Å². The lowest BCUT2D eigenvalue weighted by Gasteiger charge is -2.24. The molecule has 1 unspecified atom stereocenters. The molecule has 1 atom stereocenters. The van der Waals surface area contributed by atoms with Gasteiger partial charge >= 0.3 is 0 Å². The van der Waals surface area contributed by atoms with E-state index >= 15 is 0 Å². The lowest BCUT2D eigenvalue weighted by molar-refractivity contribution is 0.0825. The molecule has 16 heavy (non-hydrogen) atoms. The highest BCUT2D eigenvalue weighted by atomic mass is 32.2. The van der Waals surface area contributed by atoms with Crippen molar-refractivity contribution in [2.75, 3.05) is 32.1 Å². The van der Waals surface area contributed by atoms with Crippen LogP contribution in [-0.4, -0.2) is 51.9 Å². The molecule has 0 aromatic rings. The van der Waals surface area contributed by atoms with Crippen LogP contribution in [0.25, 0.3) is 0 Å². The normalized spacial score (nSPS) is 20.9. The number of rotatable bonds is 6. The summed E-state index contributed by atoms with van der Waals surface area (Å²) in [5.41, 5.74) is 5.48. The summed E-state index contributed by atoms with van der Waals surface area (Å²) in [7, 11) is -3.10. The van der Waals surface area contributed by atoms with Gasteiger partial charge in [-0.25, -0.2) is 8.42 Å². The molecule has 5 nitrogen and oxygen atoms in total. The Balaban J connectivity index is 2.54. The van der Waals surface area contributed by atoms with Gasteiger partial charge in [0.1, 0.15) is 0 Å². The Hall–Kier alpha value is -0.170. The van der Waals surface area contributed by atoms with E-state index in [0.29, 0.717) is 32.7 Å². The standard InChI is InChI=1S/C10H21NO4S/c1-2-15-9(7-11)8-16(12,13)10-3-5-14-6-4-10/h9-10H,2-8,11H2,1H3. The van der Waals surface area contributed by atoms with E-state index in [1.54, 1.807) is 0 Å². The topological polar surface area (TPSA) is 78.6 Å². The van der Waals surface area contributed by atoms with Gasteiger partial charge in [0.25, 0.3) is 0 Å². The number of nitrogens with two attached hydrogens (primary N) is 1. The van der Waals surface area contributed by atoms with Crippen molar-refractivity contribution in [3.63, 3.8) is 0 Å². The minimum atomic E-state index is -3.10. The molecule has 0 amide bonds. The third-order valence-corrected chi connectivity index (χ3v) is 5.08. The SMILES string of the molecule is CCOC(CN)CS(=O)(=O)C1CCOCC1. The highest BCUT2D eigenvalue weighted by molar-refractivity contribution is 7.92. The third kappa shape index (κ3) is 4.01. The maximum absolute atomic E-state index is 12.0. The zero-order valence-electron chi connectivity index (χ0n) is 9.72. The van der Waals surface area contributed by atoms with E-state index in [9.17, 15) is 8.42 Å². The highest BCUT2D eigenvalue weighted by Crippen LogP contribution is 2.17. The first-order chi connectivity index (χ1) is 7.60. The molecule has 0 radical (unpaired) electrons. The van der Waals surface area contributed by atoms with Crippen molar-refractivity contribution in [2.24, 2.45) is 5.73 Å². The molecule has 0 spiro atoms. The molecule has 1 saturated heterocycles. The van der Waals surface area contributed by atoms with E-state index in [4.69, 9.17) is 15.2 Å². The average molecular weight is 251 g/mol. The smallest absolute Gasteiger partial charge is 0.155 e. The predicted molar refractivity (Wildman–Crippen MR) is 62.1 cm³/mol. The molecule has 1 fully saturated rings. The van der Waals surface area contributed by atoms with E-state index in [-0.39, 0.29) is 23.7 Å². The lowest BCUT2D eigenvalue weighted by atomic mass is 10.2. The number of hydrogen-bond acceptors (Lipinski definition) is 5. The molecular formula is C10H21NO4S. The Morgan fingerprint density at radius 1 is 1.44 bits per heavy atom. The Morgan fingerprint density at radius 2 is 2.06 bits per heavy atom. The van der Waals surface area contributed by atoms with Gasteiger partial charge in [-0.05, 0) is 19.8 Å². The van der Waals surface area contributed by atoms with Crippen LogP contribution in [0.4, 0.5) is 0 Å². The Morgan fingerprint density at radius 3 is 2.56 bits per heavy atom. The van der Waals surface area contributed by atoms with E-state index in [2.05, 4.69) is 0 Å². The van der Waals surface area contributed by atoms with E-state index in [1.807, 2.05) is 6.92 Å². The summed E-state index contributed by atoms with van der Waals surface area (Å²) in [6.07, 6.45) is 0.801. The molecule has 0 bridgehead atoms. The molecule has 1 rings (SSSR count). The monoisotopic (exact) mass is 251 g/mol. The molecule has 0 aromatic carbocycles. The Kier molecular flexibility index (Phi) is 5.68. The summed E-state index contributed by atoms with van der Waals surface area (Å²) in [6.45, 7) is 3.64. The summed E-state index contributed by atoms with van der Waals surface area (Å²) < 4.78 is 34.5. The van der Waals surface area contributed by atoms with Crippen LogP contribution in [-0.2, 0) is 19.3 Å². The molecule has 0 saturated carbocycles. The number of ether oxygens (including phenoxy) is 2. The number of hydrogen-bond donors (Lipinski definition) is 1. The molecular weight excluding hydrogens is 230 g/mol. The zero-order valence-corrected chi connectivity index (χ0v) is 10.5. The Labute approximate surface area is 97.2 Å². The van der Waals surface area contributed by atoms with Crippen LogP contribution in [0.2, 0.25) is 0 Å². The second-order valence-corrected chi connectivity index (χ2v) is 6.28. The molecule has 1 heterocycles. The van der Waals surface area contributed by atoms with E-state index in [0.717, 1.165) is 0 Å². The van der Waals surface area contributed by atoms with Crippen molar-refractivity contribution in [3.8, 4) is 0 Å². The first kappa shape index (κ1) is 13.9. The van der Waals surface area contributed by atoms with Gasteiger partial charge in [0.15, 0.2) is 9.84 Å². The van der Waals surface area contributed by atoms with Crippen LogP contribution in [0.5, 0.6) is 0 Å². The second-order valence-electron chi connectivity index (χ2n) is 3.95. The van der Waals surface area contributed by atoms with E-state index < -0.39 is 9.84 Å². The quantitative estimate of drug-likeness (QED) is 0.715. The van der Waals surface area contributed by atoms with Crippen molar-refractivity contribution in [1.29, 1.82) is 0 Å². The zero-order chi connectivity index (χ0) is 12.0. The summed E-state index contributed by atoms with van der Waals surface area (Å²) in [5, 5.41) is -0.282. The first-order valence-electron chi connectivity index (χ1n) is 5.71. The fourth-order valence-electron chi connectivity index (χ4n) is 1.85. The molecule has 6 heteroatoms. The van der Waals surface area contributed by atoms with Crippen LogP contribution >= 0.6 is 0 Å². The highest BCUT2D eigenvalue weighted by Gasteiger charge is 2.30. The largest absolute Gasteiger partial charge is 0.381 e. The van der Waals surface area contributed by atoms with E-state index in [1.165, 1.54) is 0 Å². The third-order valence-electron chi connectivity index (χ3n) is 2.76. The summed E-state index contributed by atoms with van der Waals surface area (Å²) in [4.78, 5) is 0. The Bertz CT molecular complexity index is 285. The lowest BCUT2D eigenvalue weighted by Crippen LogP contribution is -2.38. The first-order valence-corrected chi connectivity index (χ1v) is 7.42. The summed E-state index contributed by atoms with van der Waals surface area (Å²) in [6, 6.07) is 0. The van der Waals surface area contributed by atoms with Gasteiger partial charge in [0, 0.05) is 26.4 Å². The molecule has 1 aliphatic heterocycles. The van der Waals surface area contributed by atoms with Crippen LogP contribution in [0.1, 0.15) is 19.8 Å². The predicted octanol–water partition coefficient (Wildman–Crippen LogP) is -0.0560. The van der Waals surface area contributed by atoms with Gasteiger partial charge in [0.05, 0.1) is 17.1 Å². The maximum Gasteiger partial charge on any atom is 0.155 e. The molecule has 0 aliphatic carbocycles. The van der Waals surface area contributed by atoms with Crippen molar-refractivity contribution in [1.82, 2.24) is 0 Å². The molecule has 2 N–H and O–H groups in total. The molecule has 0 aromatic heterocycles. The minimum absolute atomic E-state index is 0.0298. The van der Waals surface area contributed by atoms with Crippen LogP contribution in [0.3, 0.4) is 0 Å². The fourth-order valence-corrected chi connectivity index (χ4v) is 3.78. The fraction of sp³-hybridized carbons (Fsp3) is 1.00.